The van der Waals surface area contributed by atoms with Crippen LogP contribution in [0.3, 0.4) is 0 Å². The summed E-state index contributed by atoms with van der Waals surface area (Å²) >= 11 is 0. The maximum atomic E-state index is 13.6. The number of hydrogen-bond acceptors (Lipinski definition) is 3. The van der Waals surface area contributed by atoms with Crippen LogP contribution in [0.25, 0.3) is 0 Å². The molecule has 3 nitrogen and oxygen atoms in total. The van der Waals surface area contributed by atoms with Crippen molar-refractivity contribution in [2.24, 2.45) is 0 Å². The lowest BCUT2D eigenvalue weighted by Gasteiger charge is -2.09. The lowest BCUT2D eigenvalue weighted by molar-refractivity contribution is 0.608. The number of anilines is 1. The van der Waals surface area contributed by atoms with Gasteiger partial charge in [-0.15, -0.1) is 0 Å². The molecule has 0 aliphatic rings. The van der Waals surface area contributed by atoms with E-state index in [0.717, 1.165) is 0 Å². The van der Waals surface area contributed by atoms with E-state index in [1.807, 2.05) is 0 Å². The number of benzene rings is 1. The number of nitrogens with zero attached hydrogens (tertiary/aromatic N) is 2. The minimum Gasteiger partial charge on any atom is -0.397 e. The Kier molecular flexibility index (Phi) is 3.01. The summed E-state index contributed by atoms with van der Waals surface area (Å²) in [6.07, 6.45) is 1.46. The standard InChI is InChI=1S/C13H10FN3/c14-12-4-2-1-3-10(12)11(7-15)13-6-5-9(16)8-17-13/h1-6,8,11H,16H2. The van der Waals surface area contributed by atoms with Crippen LogP contribution in [0.5, 0.6) is 0 Å². The Morgan fingerprint density at radius 1 is 1.24 bits per heavy atom. The van der Waals surface area contributed by atoms with Gasteiger partial charge >= 0.3 is 0 Å². The molecule has 1 aromatic heterocycles. The summed E-state index contributed by atoms with van der Waals surface area (Å²) in [6.45, 7) is 0. The molecule has 1 unspecified atom stereocenters. The Labute approximate surface area is 98.3 Å². The molecule has 0 radical (unpaired) electrons. The quantitative estimate of drug-likeness (QED) is 0.857. The summed E-state index contributed by atoms with van der Waals surface area (Å²) < 4.78 is 13.6. The summed E-state index contributed by atoms with van der Waals surface area (Å²) in [5.41, 5.74) is 6.85. The van der Waals surface area contributed by atoms with Crippen LogP contribution in [0, 0.1) is 17.1 Å². The fourth-order valence-electron chi connectivity index (χ4n) is 1.59. The lowest BCUT2D eigenvalue weighted by Crippen LogP contribution is -2.03. The van der Waals surface area contributed by atoms with Crippen LogP contribution in [0.1, 0.15) is 17.2 Å². The Balaban J connectivity index is 2.45. The van der Waals surface area contributed by atoms with Gasteiger partial charge in [0, 0.05) is 5.56 Å². The second-order valence-electron chi connectivity index (χ2n) is 3.60. The molecule has 2 rings (SSSR count). The van der Waals surface area contributed by atoms with Crippen molar-refractivity contribution in [3.8, 4) is 6.07 Å². The zero-order valence-corrected chi connectivity index (χ0v) is 8.97. The van der Waals surface area contributed by atoms with Crippen molar-refractivity contribution in [1.29, 1.82) is 5.26 Å². The monoisotopic (exact) mass is 227 g/mol. The molecule has 1 heterocycles. The van der Waals surface area contributed by atoms with E-state index in [1.165, 1.54) is 12.3 Å². The van der Waals surface area contributed by atoms with Crippen LogP contribution in [0.2, 0.25) is 0 Å². The number of nitrogens with two attached hydrogens (primary N) is 1. The zero-order valence-electron chi connectivity index (χ0n) is 8.97. The number of rotatable bonds is 2. The highest BCUT2D eigenvalue weighted by Gasteiger charge is 2.17. The fourth-order valence-corrected chi connectivity index (χ4v) is 1.59. The molecule has 2 aromatic rings. The molecule has 0 amide bonds. The second-order valence-corrected chi connectivity index (χ2v) is 3.60. The summed E-state index contributed by atoms with van der Waals surface area (Å²) in [5.74, 6) is -1.12. The maximum Gasteiger partial charge on any atom is 0.128 e. The highest BCUT2D eigenvalue weighted by Crippen LogP contribution is 2.24. The van der Waals surface area contributed by atoms with Gasteiger partial charge in [0.15, 0.2) is 0 Å². The summed E-state index contributed by atoms with van der Waals surface area (Å²) in [4.78, 5) is 4.05. The highest BCUT2D eigenvalue weighted by molar-refractivity contribution is 5.40. The number of aromatic nitrogens is 1. The van der Waals surface area contributed by atoms with Gasteiger partial charge < -0.3 is 5.73 Å². The molecule has 0 spiro atoms. The molecule has 1 atom stereocenters. The van der Waals surface area contributed by atoms with E-state index in [4.69, 9.17) is 11.0 Å². The van der Waals surface area contributed by atoms with Crippen LogP contribution in [-0.4, -0.2) is 4.98 Å². The van der Waals surface area contributed by atoms with Crippen molar-refractivity contribution < 1.29 is 4.39 Å². The van der Waals surface area contributed by atoms with Gasteiger partial charge in [0.1, 0.15) is 11.7 Å². The predicted octanol–water partition coefficient (Wildman–Crippen LogP) is 2.46. The van der Waals surface area contributed by atoms with E-state index in [1.54, 1.807) is 30.3 Å². The van der Waals surface area contributed by atoms with Gasteiger partial charge in [0.05, 0.1) is 23.6 Å². The molecule has 0 saturated carbocycles. The second kappa shape index (κ2) is 4.62. The van der Waals surface area contributed by atoms with Crippen LogP contribution in [0.15, 0.2) is 42.6 Å². The molecule has 17 heavy (non-hydrogen) atoms. The molecule has 2 N–H and O–H groups in total. The molecule has 0 aliphatic heterocycles. The molecular weight excluding hydrogens is 217 g/mol. The van der Waals surface area contributed by atoms with Gasteiger partial charge in [-0.2, -0.15) is 5.26 Å². The van der Waals surface area contributed by atoms with Gasteiger partial charge in [-0.25, -0.2) is 4.39 Å². The van der Waals surface area contributed by atoms with Crippen molar-refractivity contribution >= 4 is 5.69 Å². The average molecular weight is 227 g/mol. The van der Waals surface area contributed by atoms with E-state index in [2.05, 4.69) is 11.1 Å². The normalized spacial score (nSPS) is 11.8. The van der Waals surface area contributed by atoms with Gasteiger partial charge in [-0.1, -0.05) is 18.2 Å². The van der Waals surface area contributed by atoms with Crippen molar-refractivity contribution in [2.75, 3.05) is 5.73 Å². The van der Waals surface area contributed by atoms with E-state index in [9.17, 15) is 4.39 Å². The fraction of sp³-hybridized carbons (Fsp3) is 0.0769. The van der Waals surface area contributed by atoms with E-state index >= 15 is 0 Å². The van der Waals surface area contributed by atoms with Crippen molar-refractivity contribution in [2.45, 2.75) is 5.92 Å². The van der Waals surface area contributed by atoms with Crippen LogP contribution in [0.4, 0.5) is 10.1 Å². The molecule has 84 valence electrons. The third-order valence-corrected chi connectivity index (χ3v) is 2.45. The number of hydrogen-bond donors (Lipinski definition) is 1. The summed E-state index contributed by atoms with van der Waals surface area (Å²) in [7, 11) is 0. The van der Waals surface area contributed by atoms with E-state index in [-0.39, 0.29) is 0 Å². The predicted molar refractivity (Wildman–Crippen MR) is 62.5 cm³/mol. The first kappa shape index (κ1) is 11.1. The Morgan fingerprint density at radius 3 is 2.59 bits per heavy atom. The Hall–Kier alpha value is -2.41. The molecule has 0 fully saturated rings. The summed E-state index contributed by atoms with van der Waals surface area (Å²) in [6, 6.07) is 11.5. The van der Waals surface area contributed by atoms with Crippen LogP contribution < -0.4 is 5.73 Å². The Morgan fingerprint density at radius 2 is 2.00 bits per heavy atom. The highest BCUT2D eigenvalue weighted by atomic mass is 19.1. The maximum absolute atomic E-state index is 13.6. The average Bonchev–Trinajstić information content (AvgIpc) is 2.35. The minimum atomic E-state index is -0.711. The van der Waals surface area contributed by atoms with Crippen molar-refractivity contribution in [3.63, 3.8) is 0 Å². The molecule has 4 heteroatoms. The third-order valence-electron chi connectivity index (χ3n) is 2.45. The first-order chi connectivity index (χ1) is 8.22. The van der Waals surface area contributed by atoms with Crippen molar-refractivity contribution in [1.82, 2.24) is 4.98 Å². The minimum absolute atomic E-state index is 0.326. The van der Waals surface area contributed by atoms with Gasteiger partial charge in [0.25, 0.3) is 0 Å². The SMILES string of the molecule is N#CC(c1ccc(N)cn1)c1ccccc1F. The molecule has 0 saturated heterocycles. The van der Waals surface area contributed by atoms with Crippen molar-refractivity contribution in [3.05, 3.63) is 59.7 Å². The number of nitrogen functional groups attached to an aromatic ring is 1. The van der Waals surface area contributed by atoms with Gasteiger partial charge in [0.2, 0.25) is 0 Å². The van der Waals surface area contributed by atoms with Crippen LogP contribution >= 0.6 is 0 Å². The van der Waals surface area contributed by atoms with Gasteiger partial charge in [-0.3, -0.25) is 4.98 Å². The number of pyridine rings is 1. The third kappa shape index (κ3) is 2.23. The molecular formula is C13H10FN3. The smallest absolute Gasteiger partial charge is 0.128 e. The Bertz CT molecular complexity index is 558. The molecule has 0 aliphatic carbocycles. The first-order valence-corrected chi connectivity index (χ1v) is 5.08. The lowest BCUT2D eigenvalue weighted by atomic mass is 9.96. The zero-order chi connectivity index (χ0) is 12.3. The van der Waals surface area contributed by atoms with E-state index < -0.39 is 11.7 Å². The van der Waals surface area contributed by atoms with Gasteiger partial charge in [-0.05, 0) is 18.2 Å². The van der Waals surface area contributed by atoms with Crippen LogP contribution in [-0.2, 0) is 0 Å². The number of nitriles is 1. The van der Waals surface area contributed by atoms with E-state index in [0.29, 0.717) is 16.9 Å². The number of halogens is 1. The topological polar surface area (TPSA) is 62.7 Å². The summed E-state index contributed by atoms with van der Waals surface area (Å²) in [5, 5.41) is 9.14. The molecule has 1 aromatic carbocycles. The first-order valence-electron chi connectivity index (χ1n) is 5.08. The largest absolute Gasteiger partial charge is 0.397 e. The molecule has 0 bridgehead atoms.